The summed E-state index contributed by atoms with van der Waals surface area (Å²) in [5.41, 5.74) is -1.72. The Morgan fingerprint density at radius 2 is 1.61 bits per heavy atom. The number of fused-ring (bicyclic) bond motifs is 1. The number of likely N-dealkylation sites (tertiary alicyclic amines) is 1. The van der Waals surface area contributed by atoms with Crippen LogP contribution < -0.4 is 10.2 Å². The molecule has 8 aliphatic rings. The number of rotatable bonds is 5. The molecule has 9 heteroatoms. The molecule has 5 fully saturated rings. The topological polar surface area (TPSA) is 93.1 Å². The Morgan fingerprint density at radius 1 is 0.902 bits per heavy atom. The molecule has 3 saturated carbocycles. The molecule has 51 heavy (non-hydrogen) atoms. The zero-order chi connectivity index (χ0) is 35.6. The van der Waals surface area contributed by atoms with Crippen LogP contribution in [0.5, 0.6) is 0 Å². The van der Waals surface area contributed by atoms with Gasteiger partial charge in [0.15, 0.2) is 17.4 Å². The van der Waals surface area contributed by atoms with Crippen LogP contribution in [0.2, 0.25) is 0 Å². The number of aliphatic hydroxyl groups is 2. The van der Waals surface area contributed by atoms with Gasteiger partial charge in [0.25, 0.3) is 0 Å². The van der Waals surface area contributed by atoms with Crippen LogP contribution >= 0.6 is 0 Å². The molecule has 10 rings (SSSR count). The maximum atomic E-state index is 14.6. The van der Waals surface area contributed by atoms with Gasteiger partial charge in [-0.3, -0.25) is 9.59 Å². The number of hydrogen-bond acceptors (Lipinski definition) is 6. The quantitative estimate of drug-likeness (QED) is 0.256. The number of carbonyl (C=O) groups is 2. The standard InChI is InChI=1S/C42H49F2N3O4/c1-37-13-10-29(48)23-39(37)16-17-42(30(24-39)35(49)27-8-9-31(43)32(44)22-27)33(37)11-14-38(2)34(42)12-15-41(38,51)25-46-20-18-40(19-21-46)36(50)45-26-47(40)28-6-4-3-5-7-28/h3-9,16-17,22,24,29,33-34,48,51H,10-15,18-21,23,25-26H2,1-2H3,(H,45,50). The van der Waals surface area contributed by atoms with Gasteiger partial charge < -0.3 is 25.3 Å². The number of hydrogen-bond donors (Lipinski definition) is 3. The second-order valence-electron chi connectivity index (χ2n) is 17.5. The largest absolute Gasteiger partial charge is 0.393 e. The van der Waals surface area contributed by atoms with E-state index in [2.05, 4.69) is 59.3 Å². The van der Waals surface area contributed by atoms with Gasteiger partial charge in [-0.2, -0.15) is 0 Å². The molecule has 7 nitrogen and oxygen atoms in total. The Morgan fingerprint density at radius 3 is 2.35 bits per heavy atom. The Kier molecular flexibility index (Phi) is 7.25. The molecule has 2 aliphatic heterocycles. The van der Waals surface area contributed by atoms with Crippen molar-refractivity contribution in [3.63, 3.8) is 0 Å². The molecule has 3 spiro atoms. The maximum Gasteiger partial charge on any atom is 0.247 e. The number of nitrogens with one attached hydrogen (secondary N) is 1. The third-order valence-corrected chi connectivity index (χ3v) is 15.7. The molecule has 3 N–H and O–H groups in total. The van der Waals surface area contributed by atoms with Crippen LogP contribution in [0.25, 0.3) is 0 Å². The highest BCUT2D eigenvalue weighted by molar-refractivity contribution is 6.10. The van der Waals surface area contributed by atoms with Crippen molar-refractivity contribution < 1.29 is 28.6 Å². The van der Waals surface area contributed by atoms with E-state index in [0.717, 1.165) is 43.5 Å². The minimum absolute atomic E-state index is 0.0437. The fourth-order valence-electron chi connectivity index (χ4n) is 12.9. The van der Waals surface area contributed by atoms with Crippen molar-refractivity contribution in [2.75, 3.05) is 31.2 Å². The number of halogens is 2. The lowest BCUT2D eigenvalue weighted by Gasteiger charge is -2.71. The minimum Gasteiger partial charge on any atom is -0.393 e. The van der Waals surface area contributed by atoms with Crippen molar-refractivity contribution in [2.24, 2.45) is 33.5 Å². The highest BCUT2D eigenvalue weighted by atomic mass is 19.2. The third kappa shape index (κ3) is 4.31. The molecule has 2 aromatic rings. The Labute approximate surface area is 298 Å². The maximum absolute atomic E-state index is 14.6. The van der Waals surface area contributed by atoms with E-state index >= 15 is 0 Å². The molecule has 2 aromatic carbocycles. The molecular weight excluding hydrogens is 648 g/mol. The lowest BCUT2D eigenvalue weighted by molar-refractivity contribution is -0.177. The van der Waals surface area contributed by atoms with Crippen molar-refractivity contribution in [1.29, 1.82) is 0 Å². The molecule has 2 bridgehead atoms. The normalized spacial score (nSPS) is 40.8. The second kappa shape index (κ2) is 11.1. The number of allylic oxidation sites excluding steroid dienone is 4. The summed E-state index contributed by atoms with van der Waals surface area (Å²) in [5.74, 6) is -2.18. The number of β-amino-alcohol motifs (C(OH)–C–C–N with tert-alkyl or cyclic N) is 1. The van der Waals surface area contributed by atoms with Crippen LogP contribution in [0.3, 0.4) is 0 Å². The van der Waals surface area contributed by atoms with Crippen LogP contribution in [0, 0.1) is 45.1 Å². The van der Waals surface area contributed by atoms with Crippen molar-refractivity contribution in [2.45, 2.75) is 88.9 Å². The first-order valence-corrected chi connectivity index (χ1v) is 19.0. The average Bonchev–Trinajstić information content (AvgIpc) is 3.58. The number of carbonyl (C=O) groups excluding carboxylic acids is 2. The minimum atomic E-state index is -1.04. The number of benzene rings is 2. The molecule has 270 valence electrons. The summed E-state index contributed by atoms with van der Waals surface area (Å²) in [6.45, 7) is 6.92. The molecule has 8 atom stereocenters. The summed E-state index contributed by atoms with van der Waals surface area (Å²) in [7, 11) is 0. The molecule has 8 unspecified atom stereocenters. The van der Waals surface area contributed by atoms with E-state index in [1.54, 1.807) is 0 Å². The van der Waals surface area contributed by atoms with Gasteiger partial charge in [-0.05, 0) is 105 Å². The summed E-state index contributed by atoms with van der Waals surface area (Å²) in [4.78, 5) is 32.5. The van der Waals surface area contributed by atoms with Crippen LogP contribution in [-0.2, 0) is 4.79 Å². The summed E-state index contributed by atoms with van der Waals surface area (Å²) in [5, 5.41) is 26.9. The number of anilines is 1. The molecule has 2 heterocycles. The Bertz CT molecular complexity index is 1860. The van der Waals surface area contributed by atoms with Crippen molar-refractivity contribution in [3.05, 3.63) is 89.5 Å². The zero-order valence-electron chi connectivity index (χ0n) is 29.6. The molecule has 1 amide bonds. The lowest BCUT2D eigenvalue weighted by Crippen LogP contribution is -2.67. The van der Waals surface area contributed by atoms with E-state index in [1.165, 1.54) is 6.07 Å². The van der Waals surface area contributed by atoms with Crippen LogP contribution in [0.1, 0.15) is 82.0 Å². The van der Waals surface area contributed by atoms with E-state index in [-0.39, 0.29) is 34.5 Å². The smallest absolute Gasteiger partial charge is 0.247 e. The van der Waals surface area contributed by atoms with E-state index in [9.17, 15) is 28.6 Å². The van der Waals surface area contributed by atoms with E-state index in [4.69, 9.17) is 0 Å². The SMILES string of the molecule is CC12CCC(O)CC13C=CC1(C(C(=O)c4ccc(F)c(F)c4)=C3)C2CCC2(C)C1CCC2(O)CN1CCC2(CC1)C(=O)NCN2c1ccccc1. The van der Waals surface area contributed by atoms with Gasteiger partial charge >= 0.3 is 0 Å². The lowest BCUT2D eigenvalue weighted by atomic mass is 9.32. The van der Waals surface area contributed by atoms with E-state index < -0.39 is 45.1 Å². The van der Waals surface area contributed by atoms with Gasteiger partial charge in [-0.15, -0.1) is 0 Å². The first-order valence-electron chi connectivity index (χ1n) is 19.0. The summed E-state index contributed by atoms with van der Waals surface area (Å²) in [6.07, 6.45) is 12.5. The molecule has 0 radical (unpaired) electrons. The first-order chi connectivity index (χ1) is 24.3. The van der Waals surface area contributed by atoms with Gasteiger partial charge in [0.1, 0.15) is 5.54 Å². The molecule has 2 saturated heterocycles. The summed E-state index contributed by atoms with van der Waals surface area (Å²) in [6, 6.07) is 13.5. The van der Waals surface area contributed by atoms with E-state index in [1.807, 2.05) is 18.2 Å². The number of nitrogens with zero attached hydrogens (tertiary/aromatic N) is 2. The Hall–Kier alpha value is -3.40. The number of aliphatic hydroxyl groups excluding tert-OH is 1. The molecule has 0 aromatic heterocycles. The summed E-state index contributed by atoms with van der Waals surface area (Å²) >= 11 is 0. The third-order valence-electron chi connectivity index (χ3n) is 15.7. The monoisotopic (exact) mass is 697 g/mol. The van der Waals surface area contributed by atoms with Gasteiger partial charge in [0.05, 0.1) is 18.4 Å². The second-order valence-corrected chi connectivity index (χ2v) is 17.5. The number of amides is 1. The first kappa shape index (κ1) is 33.4. The van der Waals surface area contributed by atoms with Crippen LogP contribution in [0.4, 0.5) is 14.5 Å². The fraction of sp³-hybridized carbons (Fsp3) is 0.571. The number of piperidine rings is 1. The molecule has 6 aliphatic carbocycles. The van der Waals surface area contributed by atoms with Crippen molar-refractivity contribution in [1.82, 2.24) is 10.2 Å². The summed E-state index contributed by atoms with van der Waals surface area (Å²) < 4.78 is 28.6. The predicted octanol–water partition coefficient (Wildman–Crippen LogP) is 6.17. The van der Waals surface area contributed by atoms with Crippen molar-refractivity contribution in [3.8, 4) is 0 Å². The highest BCUT2D eigenvalue weighted by Crippen LogP contribution is 2.78. The van der Waals surface area contributed by atoms with Crippen LogP contribution in [0.15, 0.2) is 72.3 Å². The predicted molar refractivity (Wildman–Crippen MR) is 190 cm³/mol. The van der Waals surface area contributed by atoms with Gasteiger partial charge in [-0.1, -0.05) is 50.3 Å². The number of Topliss-reactive ketones (excluding diaryl/α,β-unsaturated/α-hetero) is 1. The van der Waals surface area contributed by atoms with Gasteiger partial charge in [0.2, 0.25) is 5.91 Å². The number of ketones is 1. The number of para-hydroxylation sites is 1. The van der Waals surface area contributed by atoms with Gasteiger partial charge in [-0.25, -0.2) is 8.78 Å². The average molecular weight is 698 g/mol. The van der Waals surface area contributed by atoms with E-state index in [0.29, 0.717) is 64.0 Å². The van der Waals surface area contributed by atoms with Crippen molar-refractivity contribution >= 4 is 17.4 Å². The Balaban J connectivity index is 1.04. The van der Waals surface area contributed by atoms with Crippen LogP contribution in [-0.4, -0.2) is 70.4 Å². The highest BCUT2D eigenvalue weighted by Gasteiger charge is 2.74. The fourth-order valence-corrected chi connectivity index (χ4v) is 12.9. The van der Waals surface area contributed by atoms with Gasteiger partial charge in [0, 0.05) is 52.7 Å². The molecular formula is C42H49F2N3O4. The zero-order valence-corrected chi connectivity index (χ0v) is 29.6.